The molecule has 116 valence electrons. The van der Waals surface area contributed by atoms with Gasteiger partial charge in [0.1, 0.15) is 17.2 Å². The topological polar surface area (TPSA) is 35.2 Å². The highest BCUT2D eigenvalue weighted by Crippen LogP contribution is 2.49. The van der Waals surface area contributed by atoms with Gasteiger partial charge in [0.25, 0.3) is 0 Å². The fraction of sp³-hybridized carbons (Fsp3) is 0.600. The van der Waals surface area contributed by atoms with Crippen molar-refractivity contribution >= 4 is 0 Å². The van der Waals surface area contributed by atoms with Crippen LogP contribution in [0.4, 0.5) is 17.6 Å². The minimum Gasteiger partial charge on any atom is -0.487 e. The Kier molecular flexibility index (Phi) is 3.39. The van der Waals surface area contributed by atoms with E-state index in [9.17, 15) is 17.6 Å². The molecule has 3 rings (SSSR count). The number of alkyl halides is 3. The van der Waals surface area contributed by atoms with Crippen LogP contribution in [0.3, 0.4) is 0 Å². The number of benzene rings is 1. The Hall–Kier alpha value is -1.30. The zero-order valence-electron chi connectivity index (χ0n) is 11.4. The van der Waals surface area contributed by atoms with E-state index in [4.69, 9.17) is 10.5 Å². The van der Waals surface area contributed by atoms with E-state index in [0.717, 1.165) is 0 Å². The van der Waals surface area contributed by atoms with E-state index in [0.29, 0.717) is 30.6 Å². The highest BCUT2D eigenvalue weighted by molar-refractivity contribution is 5.39. The molecule has 2 nitrogen and oxygen atoms in total. The van der Waals surface area contributed by atoms with E-state index in [1.165, 1.54) is 18.2 Å². The molecule has 1 heterocycles. The molecule has 2 aliphatic rings. The van der Waals surface area contributed by atoms with Crippen LogP contribution in [0.2, 0.25) is 0 Å². The number of rotatable bonds is 0. The van der Waals surface area contributed by atoms with Crippen LogP contribution in [0.1, 0.15) is 43.7 Å². The second kappa shape index (κ2) is 4.87. The molecule has 0 bridgehead atoms. The van der Waals surface area contributed by atoms with Gasteiger partial charge in [-0.05, 0) is 43.9 Å². The van der Waals surface area contributed by atoms with E-state index in [1.54, 1.807) is 0 Å². The van der Waals surface area contributed by atoms with Crippen molar-refractivity contribution in [2.24, 2.45) is 11.7 Å². The number of fused-ring (bicyclic) bond motifs is 1. The Morgan fingerprint density at radius 3 is 2.71 bits per heavy atom. The highest BCUT2D eigenvalue weighted by Gasteiger charge is 2.50. The summed E-state index contributed by atoms with van der Waals surface area (Å²) in [7, 11) is 0. The monoisotopic (exact) mass is 303 g/mol. The molecule has 1 spiro atoms. The lowest BCUT2D eigenvalue weighted by molar-refractivity contribution is -0.199. The fourth-order valence-electron chi connectivity index (χ4n) is 3.57. The molecular formula is C15H17F4NO. The smallest absolute Gasteiger partial charge is 0.391 e. The van der Waals surface area contributed by atoms with Crippen molar-refractivity contribution in [1.29, 1.82) is 0 Å². The summed E-state index contributed by atoms with van der Waals surface area (Å²) in [6, 6.07) is 3.52. The Labute approximate surface area is 120 Å². The molecule has 3 unspecified atom stereocenters. The normalized spacial score (nSPS) is 32.6. The first kappa shape index (κ1) is 14.6. The van der Waals surface area contributed by atoms with E-state index in [2.05, 4.69) is 0 Å². The van der Waals surface area contributed by atoms with E-state index < -0.39 is 29.6 Å². The Balaban J connectivity index is 1.89. The van der Waals surface area contributed by atoms with Crippen LogP contribution in [0.25, 0.3) is 0 Å². The maximum Gasteiger partial charge on any atom is 0.391 e. The molecule has 1 saturated carbocycles. The summed E-state index contributed by atoms with van der Waals surface area (Å²) >= 11 is 0. The molecule has 1 aliphatic carbocycles. The second-order valence-corrected chi connectivity index (χ2v) is 6.11. The summed E-state index contributed by atoms with van der Waals surface area (Å²) in [4.78, 5) is 0. The van der Waals surface area contributed by atoms with E-state index in [1.807, 2.05) is 0 Å². The van der Waals surface area contributed by atoms with Crippen molar-refractivity contribution in [2.45, 2.75) is 49.9 Å². The lowest BCUT2D eigenvalue weighted by Gasteiger charge is -2.46. The quantitative estimate of drug-likeness (QED) is 0.732. The fourth-order valence-corrected chi connectivity index (χ4v) is 3.57. The van der Waals surface area contributed by atoms with Gasteiger partial charge in [-0.1, -0.05) is 0 Å². The average Bonchev–Trinajstić information content (AvgIpc) is 2.39. The molecule has 2 N–H and O–H groups in total. The van der Waals surface area contributed by atoms with Gasteiger partial charge in [-0.2, -0.15) is 13.2 Å². The van der Waals surface area contributed by atoms with Crippen LogP contribution in [-0.4, -0.2) is 11.8 Å². The van der Waals surface area contributed by atoms with Gasteiger partial charge in [0.2, 0.25) is 0 Å². The molecular weight excluding hydrogens is 286 g/mol. The Morgan fingerprint density at radius 1 is 1.24 bits per heavy atom. The van der Waals surface area contributed by atoms with Crippen molar-refractivity contribution < 1.29 is 22.3 Å². The zero-order chi connectivity index (χ0) is 15.3. The van der Waals surface area contributed by atoms with Crippen LogP contribution in [-0.2, 0) is 0 Å². The maximum atomic E-state index is 13.3. The van der Waals surface area contributed by atoms with Gasteiger partial charge in [0.15, 0.2) is 0 Å². The lowest BCUT2D eigenvalue weighted by atomic mass is 9.72. The number of nitrogens with two attached hydrogens (primary N) is 1. The summed E-state index contributed by atoms with van der Waals surface area (Å²) in [6.07, 6.45) is -2.81. The number of hydrogen-bond acceptors (Lipinski definition) is 2. The molecule has 0 amide bonds. The predicted octanol–water partition coefficient (Wildman–Crippen LogP) is 4.10. The summed E-state index contributed by atoms with van der Waals surface area (Å²) in [5.41, 5.74) is 5.71. The molecule has 0 radical (unpaired) electrons. The third-order valence-corrected chi connectivity index (χ3v) is 4.56. The van der Waals surface area contributed by atoms with Crippen LogP contribution in [0.15, 0.2) is 18.2 Å². The molecule has 1 aromatic rings. The molecule has 3 atom stereocenters. The van der Waals surface area contributed by atoms with Crippen molar-refractivity contribution in [3.63, 3.8) is 0 Å². The third kappa shape index (κ3) is 2.73. The molecule has 1 aliphatic heterocycles. The van der Waals surface area contributed by atoms with E-state index >= 15 is 0 Å². The summed E-state index contributed by atoms with van der Waals surface area (Å²) in [6.45, 7) is 0. The summed E-state index contributed by atoms with van der Waals surface area (Å²) in [5.74, 6) is -1.35. The molecule has 21 heavy (non-hydrogen) atoms. The Morgan fingerprint density at radius 2 is 2.00 bits per heavy atom. The first-order chi connectivity index (χ1) is 9.79. The number of halogens is 4. The minimum absolute atomic E-state index is 0.0684. The third-order valence-electron chi connectivity index (χ3n) is 4.56. The van der Waals surface area contributed by atoms with Crippen molar-refractivity contribution in [3.8, 4) is 5.75 Å². The largest absolute Gasteiger partial charge is 0.487 e. The van der Waals surface area contributed by atoms with Crippen molar-refractivity contribution in [2.75, 3.05) is 0 Å². The van der Waals surface area contributed by atoms with Gasteiger partial charge in [-0.3, -0.25) is 0 Å². The first-order valence-corrected chi connectivity index (χ1v) is 7.10. The average molecular weight is 303 g/mol. The van der Waals surface area contributed by atoms with Gasteiger partial charge in [0.05, 0.1) is 5.92 Å². The second-order valence-electron chi connectivity index (χ2n) is 6.11. The lowest BCUT2D eigenvalue weighted by Crippen LogP contribution is -2.48. The number of ether oxygens (including phenoxy) is 1. The van der Waals surface area contributed by atoms with Crippen LogP contribution >= 0.6 is 0 Å². The van der Waals surface area contributed by atoms with Gasteiger partial charge >= 0.3 is 6.18 Å². The van der Waals surface area contributed by atoms with Gasteiger partial charge in [-0.15, -0.1) is 0 Å². The standard InChI is InChI=1S/C15H17F4NO/c16-10-3-4-13-11(6-10)12(20)8-14(21-13)5-1-2-9(7-14)15(17,18)19/h3-4,6,9,12H,1-2,5,7-8,20H2. The zero-order valence-corrected chi connectivity index (χ0v) is 11.4. The predicted molar refractivity (Wildman–Crippen MR) is 69.3 cm³/mol. The minimum atomic E-state index is -4.20. The van der Waals surface area contributed by atoms with Crippen LogP contribution < -0.4 is 10.5 Å². The Bertz CT molecular complexity index is 545. The summed E-state index contributed by atoms with van der Waals surface area (Å²) in [5, 5.41) is 0. The first-order valence-electron chi connectivity index (χ1n) is 7.10. The van der Waals surface area contributed by atoms with Gasteiger partial charge in [0, 0.05) is 18.0 Å². The van der Waals surface area contributed by atoms with Crippen molar-refractivity contribution in [1.82, 2.24) is 0 Å². The van der Waals surface area contributed by atoms with Gasteiger partial charge in [-0.25, -0.2) is 4.39 Å². The highest BCUT2D eigenvalue weighted by atomic mass is 19.4. The van der Waals surface area contributed by atoms with Crippen LogP contribution in [0.5, 0.6) is 5.75 Å². The van der Waals surface area contributed by atoms with E-state index in [-0.39, 0.29) is 12.8 Å². The molecule has 0 saturated heterocycles. The molecule has 1 aromatic carbocycles. The van der Waals surface area contributed by atoms with Gasteiger partial charge < -0.3 is 10.5 Å². The van der Waals surface area contributed by atoms with Crippen molar-refractivity contribution in [3.05, 3.63) is 29.6 Å². The number of hydrogen-bond donors (Lipinski definition) is 1. The maximum absolute atomic E-state index is 13.3. The molecule has 0 aromatic heterocycles. The summed E-state index contributed by atoms with van der Waals surface area (Å²) < 4.78 is 58.1. The van der Waals surface area contributed by atoms with Crippen LogP contribution in [0, 0.1) is 11.7 Å². The molecule has 6 heteroatoms. The molecule has 1 fully saturated rings. The SMILES string of the molecule is NC1CC2(CCCC(C(F)(F)F)C2)Oc2ccc(F)cc21.